The Kier molecular flexibility index (Phi) is 6.88. The van der Waals surface area contributed by atoms with Crippen molar-refractivity contribution in [3.05, 3.63) is 35.7 Å². The van der Waals surface area contributed by atoms with Gasteiger partial charge in [-0.2, -0.15) is 0 Å². The van der Waals surface area contributed by atoms with Gasteiger partial charge in [-0.15, -0.1) is 0 Å². The first-order valence-electron chi connectivity index (χ1n) is 7.05. The third-order valence-corrected chi connectivity index (χ3v) is 3.05. The molecule has 0 amide bonds. The van der Waals surface area contributed by atoms with Crippen LogP contribution in [-0.2, 0) is 4.79 Å². The lowest BCUT2D eigenvalue weighted by Gasteiger charge is -2.28. The summed E-state index contributed by atoms with van der Waals surface area (Å²) in [6.45, 7) is 4.26. The Morgan fingerprint density at radius 3 is 2.57 bits per heavy atom. The highest BCUT2D eigenvalue weighted by Gasteiger charge is 2.14. The number of carbonyl (C=O) groups is 1. The number of hydrogen-bond donors (Lipinski definition) is 1. The molecule has 0 aliphatic heterocycles. The van der Waals surface area contributed by atoms with Crippen molar-refractivity contribution in [1.29, 1.82) is 0 Å². The number of carboxylic acids is 1. The zero-order valence-corrected chi connectivity index (χ0v) is 12.8. The molecular formula is C16H23FN2O2. The standard InChI is InChI=1S/C16H23FN2O2/c1-4-10-19(12-11-18(2)3)16-13(8-9-15(20)21)6-5-7-14(16)17/h5-9H,4,10-12H2,1-3H3,(H,20,21)/b9-8+. The predicted molar refractivity (Wildman–Crippen MR) is 84.1 cm³/mol. The predicted octanol–water partition coefficient (Wildman–Crippen LogP) is 2.70. The highest BCUT2D eigenvalue weighted by atomic mass is 19.1. The number of benzene rings is 1. The molecule has 0 aromatic heterocycles. The molecule has 0 aliphatic carbocycles. The van der Waals surface area contributed by atoms with Crippen LogP contribution in [0.25, 0.3) is 6.08 Å². The molecule has 0 aliphatic rings. The number of anilines is 1. The van der Waals surface area contributed by atoms with Crippen molar-refractivity contribution in [2.75, 3.05) is 38.6 Å². The molecule has 1 N–H and O–H groups in total. The molecule has 0 fully saturated rings. The summed E-state index contributed by atoms with van der Waals surface area (Å²) in [4.78, 5) is 14.7. The zero-order chi connectivity index (χ0) is 15.8. The SMILES string of the molecule is CCCN(CCN(C)C)c1c(F)cccc1/C=C/C(=O)O. The van der Waals surface area contributed by atoms with Gasteiger partial charge in [0.15, 0.2) is 0 Å². The summed E-state index contributed by atoms with van der Waals surface area (Å²) in [5, 5.41) is 8.75. The van der Waals surface area contributed by atoms with Crippen LogP contribution in [0.5, 0.6) is 0 Å². The van der Waals surface area contributed by atoms with Crippen molar-refractivity contribution in [2.45, 2.75) is 13.3 Å². The van der Waals surface area contributed by atoms with Gasteiger partial charge in [-0.05, 0) is 32.7 Å². The van der Waals surface area contributed by atoms with E-state index in [0.717, 1.165) is 25.6 Å². The second kappa shape index (κ2) is 8.42. The summed E-state index contributed by atoms with van der Waals surface area (Å²) >= 11 is 0. The van der Waals surface area contributed by atoms with Crippen molar-refractivity contribution in [3.63, 3.8) is 0 Å². The highest BCUT2D eigenvalue weighted by molar-refractivity contribution is 5.87. The second-order valence-corrected chi connectivity index (χ2v) is 5.14. The normalized spacial score (nSPS) is 11.3. The summed E-state index contributed by atoms with van der Waals surface area (Å²) in [5.41, 5.74) is 1.06. The van der Waals surface area contributed by atoms with Crippen LogP contribution in [0.4, 0.5) is 10.1 Å². The third kappa shape index (κ3) is 5.55. The monoisotopic (exact) mass is 294 g/mol. The summed E-state index contributed by atoms with van der Waals surface area (Å²) in [6.07, 6.45) is 3.37. The Morgan fingerprint density at radius 1 is 1.29 bits per heavy atom. The Labute approximate surface area is 125 Å². The fraction of sp³-hybridized carbons (Fsp3) is 0.438. The Balaban J connectivity index is 3.12. The number of carboxylic acid groups (broad SMARTS) is 1. The summed E-state index contributed by atoms with van der Waals surface area (Å²) < 4.78 is 14.2. The van der Waals surface area contributed by atoms with Crippen LogP contribution in [-0.4, -0.2) is 49.7 Å². The van der Waals surface area contributed by atoms with Crippen LogP contribution in [0.3, 0.4) is 0 Å². The average Bonchev–Trinajstić information content (AvgIpc) is 2.41. The molecule has 1 aromatic rings. The molecule has 116 valence electrons. The van der Waals surface area contributed by atoms with Gasteiger partial charge in [0.25, 0.3) is 0 Å². The van der Waals surface area contributed by atoms with Gasteiger partial charge in [0.05, 0.1) is 5.69 Å². The van der Waals surface area contributed by atoms with Gasteiger partial charge in [-0.3, -0.25) is 0 Å². The number of rotatable bonds is 8. The summed E-state index contributed by atoms with van der Waals surface area (Å²) in [7, 11) is 3.94. The Morgan fingerprint density at radius 2 is 2.00 bits per heavy atom. The van der Waals surface area contributed by atoms with Crippen LogP contribution < -0.4 is 4.90 Å². The molecule has 0 atom stereocenters. The fourth-order valence-corrected chi connectivity index (χ4v) is 2.09. The molecule has 0 spiro atoms. The maximum atomic E-state index is 14.2. The Bertz CT molecular complexity index is 501. The van der Waals surface area contributed by atoms with E-state index in [9.17, 15) is 9.18 Å². The summed E-state index contributed by atoms with van der Waals surface area (Å²) in [5.74, 6) is -1.37. The minimum Gasteiger partial charge on any atom is -0.478 e. The first-order chi connectivity index (χ1) is 9.95. The molecule has 0 bridgehead atoms. The van der Waals surface area contributed by atoms with E-state index in [-0.39, 0.29) is 5.82 Å². The van der Waals surface area contributed by atoms with E-state index in [1.807, 2.05) is 30.8 Å². The fourth-order valence-electron chi connectivity index (χ4n) is 2.09. The maximum absolute atomic E-state index is 14.2. The summed E-state index contributed by atoms with van der Waals surface area (Å²) in [6, 6.07) is 4.73. The lowest BCUT2D eigenvalue weighted by Crippen LogP contribution is -2.33. The van der Waals surface area contributed by atoms with E-state index in [4.69, 9.17) is 5.11 Å². The van der Waals surface area contributed by atoms with E-state index in [1.54, 1.807) is 12.1 Å². The molecular weight excluding hydrogens is 271 g/mol. The largest absolute Gasteiger partial charge is 0.478 e. The van der Waals surface area contributed by atoms with E-state index in [1.165, 1.54) is 12.1 Å². The van der Waals surface area contributed by atoms with Gasteiger partial charge in [0.2, 0.25) is 0 Å². The van der Waals surface area contributed by atoms with Crippen LogP contribution >= 0.6 is 0 Å². The molecule has 4 nitrogen and oxygen atoms in total. The molecule has 0 radical (unpaired) electrons. The van der Waals surface area contributed by atoms with Gasteiger partial charge in [0.1, 0.15) is 5.82 Å². The number of hydrogen-bond acceptors (Lipinski definition) is 3. The van der Waals surface area contributed by atoms with Crippen molar-refractivity contribution < 1.29 is 14.3 Å². The number of para-hydroxylation sites is 1. The second-order valence-electron chi connectivity index (χ2n) is 5.14. The van der Waals surface area contributed by atoms with Crippen molar-refractivity contribution in [1.82, 2.24) is 4.90 Å². The molecule has 0 unspecified atom stereocenters. The lowest BCUT2D eigenvalue weighted by molar-refractivity contribution is -0.131. The molecule has 5 heteroatoms. The van der Waals surface area contributed by atoms with Crippen LogP contribution in [0.1, 0.15) is 18.9 Å². The molecule has 0 saturated carbocycles. The highest BCUT2D eigenvalue weighted by Crippen LogP contribution is 2.26. The lowest BCUT2D eigenvalue weighted by atomic mass is 10.1. The minimum atomic E-state index is -1.04. The number of nitrogens with zero attached hydrogens (tertiary/aromatic N) is 2. The quantitative estimate of drug-likeness (QED) is 0.749. The third-order valence-electron chi connectivity index (χ3n) is 3.05. The van der Waals surface area contributed by atoms with E-state index >= 15 is 0 Å². The molecule has 21 heavy (non-hydrogen) atoms. The Hall–Kier alpha value is -1.88. The topological polar surface area (TPSA) is 43.8 Å². The first kappa shape index (κ1) is 17.2. The molecule has 1 aromatic carbocycles. The number of halogens is 1. The van der Waals surface area contributed by atoms with Crippen molar-refractivity contribution in [3.8, 4) is 0 Å². The van der Waals surface area contributed by atoms with Gasteiger partial charge in [-0.1, -0.05) is 19.1 Å². The van der Waals surface area contributed by atoms with Crippen LogP contribution in [0, 0.1) is 5.82 Å². The molecule has 0 heterocycles. The van der Waals surface area contributed by atoms with Gasteiger partial charge < -0.3 is 14.9 Å². The van der Waals surface area contributed by atoms with Gasteiger partial charge in [0, 0.05) is 31.3 Å². The van der Waals surface area contributed by atoms with E-state index in [0.29, 0.717) is 17.8 Å². The van der Waals surface area contributed by atoms with Gasteiger partial charge >= 0.3 is 5.97 Å². The number of likely N-dealkylation sites (N-methyl/N-ethyl adjacent to an activating group) is 1. The number of aliphatic carboxylic acids is 1. The average molecular weight is 294 g/mol. The van der Waals surface area contributed by atoms with Crippen LogP contribution in [0.2, 0.25) is 0 Å². The smallest absolute Gasteiger partial charge is 0.328 e. The van der Waals surface area contributed by atoms with Crippen molar-refractivity contribution in [2.24, 2.45) is 0 Å². The first-order valence-corrected chi connectivity index (χ1v) is 7.05. The molecule has 1 rings (SSSR count). The zero-order valence-electron chi connectivity index (χ0n) is 12.8. The van der Waals surface area contributed by atoms with Gasteiger partial charge in [-0.25, -0.2) is 9.18 Å². The van der Waals surface area contributed by atoms with Crippen molar-refractivity contribution >= 4 is 17.7 Å². The van der Waals surface area contributed by atoms with E-state index < -0.39 is 5.97 Å². The van der Waals surface area contributed by atoms with E-state index in [2.05, 4.69) is 0 Å². The minimum absolute atomic E-state index is 0.324. The molecule has 0 saturated heterocycles. The van der Waals surface area contributed by atoms with Crippen LogP contribution in [0.15, 0.2) is 24.3 Å². The maximum Gasteiger partial charge on any atom is 0.328 e.